The molecule has 0 spiro atoms. The van der Waals surface area contributed by atoms with Gasteiger partial charge in [-0.25, -0.2) is 8.42 Å². The number of benzene rings is 1. The first kappa shape index (κ1) is 18.9. The van der Waals surface area contributed by atoms with E-state index in [0.29, 0.717) is 47.7 Å². The molecule has 1 aliphatic rings. The van der Waals surface area contributed by atoms with Crippen molar-refractivity contribution in [3.8, 4) is 17.2 Å². The quantitative estimate of drug-likeness (QED) is 0.625. The second-order valence-corrected chi connectivity index (χ2v) is 9.19. The van der Waals surface area contributed by atoms with Crippen LogP contribution >= 0.6 is 11.3 Å². The van der Waals surface area contributed by atoms with Gasteiger partial charge in [0.15, 0.2) is 5.82 Å². The van der Waals surface area contributed by atoms with Crippen molar-refractivity contribution in [2.75, 3.05) is 23.7 Å². The van der Waals surface area contributed by atoms with Gasteiger partial charge in [-0.3, -0.25) is 4.72 Å². The first-order chi connectivity index (χ1) is 13.5. The third kappa shape index (κ3) is 4.18. The van der Waals surface area contributed by atoms with E-state index in [1.54, 1.807) is 19.1 Å². The highest BCUT2D eigenvalue weighted by molar-refractivity contribution is 7.92. The lowest BCUT2D eigenvalue weighted by atomic mass is 10.1. The number of rotatable bonds is 7. The van der Waals surface area contributed by atoms with Crippen LogP contribution in [0.4, 0.5) is 5.00 Å². The Morgan fingerprint density at radius 1 is 1.29 bits per heavy atom. The van der Waals surface area contributed by atoms with Gasteiger partial charge in [-0.2, -0.15) is 4.98 Å². The fourth-order valence-electron chi connectivity index (χ4n) is 2.91. The lowest BCUT2D eigenvalue weighted by Gasteiger charge is -2.12. The van der Waals surface area contributed by atoms with E-state index in [4.69, 9.17) is 14.0 Å². The third-order valence-corrected chi connectivity index (χ3v) is 6.64. The van der Waals surface area contributed by atoms with Gasteiger partial charge in [-0.1, -0.05) is 23.4 Å². The number of hydrogen-bond donors (Lipinski definition) is 1. The number of nitrogens with one attached hydrogen (secondary N) is 1. The summed E-state index contributed by atoms with van der Waals surface area (Å²) in [5.74, 6) is 1.26. The molecule has 3 heterocycles. The molecule has 1 N–H and O–H groups in total. The van der Waals surface area contributed by atoms with Crippen LogP contribution in [-0.2, 0) is 27.8 Å². The Balaban J connectivity index is 1.54. The number of anilines is 1. The average molecular weight is 422 g/mol. The van der Waals surface area contributed by atoms with Crippen LogP contribution in [-0.4, -0.2) is 37.5 Å². The van der Waals surface area contributed by atoms with Crippen molar-refractivity contribution in [1.82, 2.24) is 10.1 Å². The van der Waals surface area contributed by atoms with Gasteiger partial charge in [-0.15, -0.1) is 11.3 Å². The Morgan fingerprint density at radius 2 is 2.11 bits per heavy atom. The summed E-state index contributed by atoms with van der Waals surface area (Å²) in [6.45, 7) is 2.78. The van der Waals surface area contributed by atoms with Crippen molar-refractivity contribution in [2.45, 2.75) is 20.0 Å². The molecule has 0 saturated carbocycles. The van der Waals surface area contributed by atoms with Crippen molar-refractivity contribution < 1.29 is 22.4 Å². The van der Waals surface area contributed by atoms with Gasteiger partial charge in [0.25, 0.3) is 5.89 Å². The molecule has 10 heteroatoms. The number of sulfonamides is 1. The first-order valence-electron chi connectivity index (χ1n) is 8.73. The molecule has 0 bridgehead atoms. The monoisotopic (exact) mass is 421 g/mol. The zero-order valence-electron chi connectivity index (χ0n) is 15.2. The largest absolute Gasteiger partial charge is 0.492 e. The highest BCUT2D eigenvalue weighted by atomic mass is 32.2. The van der Waals surface area contributed by atoms with E-state index in [9.17, 15) is 8.42 Å². The van der Waals surface area contributed by atoms with Crippen LogP contribution < -0.4 is 9.46 Å². The topological polar surface area (TPSA) is 104 Å². The fourth-order valence-corrected chi connectivity index (χ4v) is 5.27. The zero-order valence-corrected chi connectivity index (χ0v) is 16.8. The van der Waals surface area contributed by atoms with Crippen LogP contribution in [0.15, 0.2) is 34.9 Å². The molecule has 0 radical (unpaired) electrons. The van der Waals surface area contributed by atoms with E-state index in [0.717, 1.165) is 10.4 Å². The SMILES string of the molecule is Cc1noc(-c2c(NS(=O)(=O)CCOc3ccccc3)sc3c2CCOC3)n1. The number of para-hydroxylation sites is 1. The number of fused-ring (bicyclic) bond motifs is 1. The van der Waals surface area contributed by atoms with Crippen molar-refractivity contribution in [3.05, 3.63) is 46.6 Å². The van der Waals surface area contributed by atoms with Crippen LogP contribution in [0.2, 0.25) is 0 Å². The standard InChI is InChI=1S/C18H19N3O5S2/c1-12-19-17(26-20-12)16-14-7-8-24-11-15(14)27-18(16)21-28(22,23)10-9-25-13-5-3-2-4-6-13/h2-6,21H,7-11H2,1H3. The molecule has 8 nitrogen and oxygen atoms in total. The van der Waals surface area contributed by atoms with Crippen LogP contribution in [0.1, 0.15) is 16.3 Å². The highest BCUT2D eigenvalue weighted by Crippen LogP contribution is 2.42. The van der Waals surface area contributed by atoms with E-state index in [1.807, 2.05) is 18.2 Å². The van der Waals surface area contributed by atoms with Gasteiger partial charge in [0.2, 0.25) is 10.0 Å². The van der Waals surface area contributed by atoms with Crippen LogP contribution in [0.3, 0.4) is 0 Å². The van der Waals surface area contributed by atoms with E-state index in [2.05, 4.69) is 14.9 Å². The molecule has 1 aliphatic heterocycles. The van der Waals surface area contributed by atoms with Gasteiger partial charge < -0.3 is 14.0 Å². The zero-order chi connectivity index (χ0) is 19.6. The molecule has 0 amide bonds. The normalized spacial score (nSPS) is 13.9. The number of aryl methyl sites for hydroxylation is 1. The molecule has 4 rings (SSSR count). The van der Waals surface area contributed by atoms with Crippen LogP contribution in [0.5, 0.6) is 5.75 Å². The fraction of sp³-hybridized carbons (Fsp3) is 0.333. The molecule has 0 aliphatic carbocycles. The Bertz CT molecular complexity index is 1060. The second-order valence-electron chi connectivity index (χ2n) is 6.24. The predicted molar refractivity (Wildman–Crippen MR) is 105 cm³/mol. The lowest BCUT2D eigenvalue weighted by Crippen LogP contribution is -2.21. The van der Waals surface area contributed by atoms with Gasteiger partial charge in [0.05, 0.1) is 18.8 Å². The minimum atomic E-state index is -3.62. The lowest BCUT2D eigenvalue weighted by molar-refractivity contribution is 0.113. The molecule has 0 atom stereocenters. The molecular weight excluding hydrogens is 402 g/mol. The third-order valence-electron chi connectivity index (χ3n) is 4.17. The summed E-state index contributed by atoms with van der Waals surface area (Å²) in [6, 6.07) is 9.10. The van der Waals surface area contributed by atoms with Gasteiger partial charge >= 0.3 is 0 Å². The number of thiophene rings is 1. The maximum absolute atomic E-state index is 12.6. The summed E-state index contributed by atoms with van der Waals surface area (Å²) >= 11 is 1.34. The van der Waals surface area contributed by atoms with Gasteiger partial charge in [0, 0.05) is 4.88 Å². The smallest absolute Gasteiger partial charge is 0.261 e. The molecule has 3 aromatic rings. The van der Waals surface area contributed by atoms with Crippen molar-refractivity contribution >= 4 is 26.4 Å². The second kappa shape index (κ2) is 7.90. The summed E-state index contributed by atoms with van der Waals surface area (Å²) in [6.07, 6.45) is 0.668. The average Bonchev–Trinajstić information content (AvgIpc) is 3.24. The molecule has 148 valence electrons. The maximum Gasteiger partial charge on any atom is 0.261 e. The molecule has 28 heavy (non-hydrogen) atoms. The van der Waals surface area contributed by atoms with Crippen LogP contribution in [0.25, 0.3) is 11.5 Å². The number of nitrogens with zero attached hydrogens (tertiary/aromatic N) is 2. The predicted octanol–water partition coefficient (Wildman–Crippen LogP) is 3.00. The molecule has 0 saturated heterocycles. The Kier molecular flexibility index (Phi) is 5.33. The summed E-state index contributed by atoms with van der Waals surface area (Å²) in [7, 11) is -3.62. The molecule has 0 fully saturated rings. The van der Waals surface area contributed by atoms with E-state index < -0.39 is 10.0 Å². The van der Waals surface area contributed by atoms with Crippen molar-refractivity contribution in [2.24, 2.45) is 0 Å². The summed E-state index contributed by atoms with van der Waals surface area (Å²) < 4.78 is 44.2. The van der Waals surface area contributed by atoms with Gasteiger partial charge in [-0.05, 0) is 31.0 Å². The summed E-state index contributed by atoms with van der Waals surface area (Å²) in [5.41, 5.74) is 1.65. The number of ether oxygens (including phenoxy) is 2. The molecule has 2 aromatic heterocycles. The first-order valence-corrected chi connectivity index (χ1v) is 11.2. The molecular formula is C18H19N3O5S2. The van der Waals surface area contributed by atoms with Crippen molar-refractivity contribution in [1.29, 1.82) is 0 Å². The Hall–Kier alpha value is -2.43. The van der Waals surface area contributed by atoms with E-state index in [1.165, 1.54) is 11.3 Å². The number of hydrogen-bond acceptors (Lipinski definition) is 8. The highest BCUT2D eigenvalue weighted by Gasteiger charge is 2.28. The molecule has 0 unspecified atom stereocenters. The van der Waals surface area contributed by atoms with E-state index in [-0.39, 0.29) is 12.4 Å². The Morgan fingerprint density at radius 3 is 2.86 bits per heavy atom. The minimum Gasteiger partial charge on any atom is -0.492 e. The summed E-state index contributed by atoms with van der Waals surface area (Å²) in [4.78, 5) is 5.25. The van der Waals surface area contributed by atoms with Crippen molar-refractivity contribution in [3.63, 3.8) is 0 Å². The van der Waals surface area contributed by atoms with Gasteiger partial charge in [0.1, 0.15) is 23.1 Å². The minimum absolute atomic E-state index is 0.0442. The van der Waals surface area contributed by atoms with Crippen LogP contribution in [0, 0.1) is 6.92 Å². The Labute approximate surface area is 166 Å². The van der Waals surface area contributed by atoms with E-state index >= 15 is 0 Å². The number of aromatic nitrogens is 2. The molecule has 1 aromatic carbocycles. The summed E-state index contributed by atoms with van der Waals surface area (Å²) in [5, 5.41) is 4.30. The maximum atomic E-state index is 12.6.